The molecule has 0 spiro atoms. The average Bonchev–Trinajstić information content (AvgIpc) is 2.86. The second-order valence-electron chi connectivity index (χ2n) is 5.82. The molecule has 1 heterocycles. The SMILES string of the molecule is Cc1ccccc1C1CCCN1C(=O)[C@@H](N)C(C)C. The van der Waals surface area contributed by atoms with Crippen LogP contribution in [0.25, 0.3) is 0 Å². The number of nitrogens with two attached hydrogens (primary N) is 1. The lowest BCUT2D eigenvalue weighted by Crippen LogP contribution is -2.46. The molecule has 1 saturated heterocycles. The van der Waals surface area contributed by atoms with Crippen molar-refractivity contribution in [3.63, 3.8) is 0 Å². The van der Waals surface area contributed by atoms with Crippen molar-refractivity contribution in [2.24, 2.45) is 11.7 Å². The minimum atomic E-state index is -0.385. The van der Waals surface area contributed by atoms with E-state index < -0.39 is 0 Å². The molecule has 1 unspecified atom stereocenters. The first kappa shape index (κ1) is 14.1. The standard InChI is InChI=1S/C16H24N2O/c1-11(2)15(17)16(19)18-10-6-9-14(18)13-8-5-4-7-12(13)3/h4-5,7-8,11,14-15H,6,9-10,17H2,1-3H3/t14?,15-/m0/s1. The predicted octanol–water partition coefficient (Wildman–Crippen LogP) is 2.64. The van der Waals surface area contributed by atoms with Crippen molar-refractivity contribution in [3.05, 3.63) is 35.4 Å². The zero-order chi connectivity index (χ0) is 14.0. The molecule has 0 saturated carbocycles. The molecule has 0 aliphatic carbocycles. The largest absolute Gasteiger partial charge is 0.334 e. The second-order valence-corrected chi connectivity index (χ2v) is 5.82. The van der Waals surface area contributed by atoms with E-state index in [1.165, 1.54) is 11.1 Å². The number of carbonyl (C=O) groups excluding carboxylic acids is 1. The Morgan fingerprint density at radius 3 is 2.68 bits per heavy atom. The summed E-state index contributed by atoms with van der Waals surface area (Å²) in [6.07, 6.45) is 2.11. The number of likely N-dealkylation sites (tertiary alicyclic amines) is 1. The molecule has 1 aliphatic heterocycles. The highest BCUT2D eigenvalue weighted by atomic mass is 16.2. The molecule has 0 bridgehead atoms. The highest BCUT2D eigenvalue weighted by molar-refractivity contribution is 5.82. The smallest absolute Gasteiger partial charge is 0.240 e. The van der Waals surface area contributed by atoms with Crippen LogP contribution >= 0.6 is 0 Å². The van der Waals surface area contributed by atoms with Gasteiger partial charge in [0.05, 0.1) is 12.1 Å². The van der Waals surface area contributed by atoms with Crippen LogP contribution in [0.15, 0.2) is 24.3 Å². The van der Waals surface area contributed by atoms with Crippen LogP contribution < -0.4 is 5.73 Å². The second kappa shape index (κ2) is 5.74. The maximum absolute atomic E-state index is 12.5. The van der Waals surface area contributed by atoms with Crippen molar-refractivity contribution in [1.29, 1.82) is 0 Å². The molecule has 1 aromatic carbocycles. The lowest BCUT2D eigenvalue weighted by atomic mass is 9.98. The van der Waals surface area contributed by atoms with E-state index in [4.69, 9.17) is 5.73 Å². The fourth-order valence-electron chi connectivity index (χ4n) is 2.79. The van der Waals surface area contributed by atoms with Crippen LogP contribution in [0.3, 0.4) is 0 Å². The molecule has 1 amide bonds. The van der Waals surface area contributed by atoms with Crippen LogP contribution in [-0.2, 0) is 4.79 Å². The zero-order valence-electron chi connectivity index (χ0n) is 12.1. The predicted molar refractivity (Wildman–Crippen MR) is 77.7 cm³/mol. The highest BCUT2D eigenvalue weighted by Crippen LogP contribution is 2.34. The van der Waals surface area contributed by atoms with Crippen molar-refractivity contribution in [1.82, 2.24) is 4.90 Å². The van der Waals surface area contributed by atoms with Crippen LogP contribution in [-0.4, -0.2) is 23.4 Å². The molecule has 0 radical (unpaired) electrons. The van der Waals surface area contributed by atoms with Gasteiger partial charge in [-0.05, 0) is 36.8 Å². The first-order valence-corrected chi connectivity index (χ1v) is 7.14. The van der Waals surface area contributed by atoms with Gasteiger partial charge in [0.2, 0.25) is 5.91 Å². The summed E-state index contributed by atoms with van der Waals surface area (Å²) in [6, 6.07) is 8.15. The van der Waals surface area contributed by atoms with Crippen LogP contribution in [0.4, 0.5) is 0 Å². The van der Waals surface area contributed by atoms with Crippen LogP contribution in [0, 0.1) is 12.8 Å². The Morgan fingerprint density at radius 2 is 2.05 bits per heavy atom. The fraction of sp³-hybridized carbons (Fsp3) is 0.562. The van der Waals surface area contributed by atoms with Gasteiger partial charge >= 0.3 is 0 Å². The summed E-state index contributed by atoms with van der Waals surface area (Å²) >= 11 is 0. The lowest BCUT2D eigenvalue weighted by molar-refractivity contribution is -0.134. The first-order chi connectivity index (χ1) is 9.02. The third-order valence-corrected chi connectivity index (χ3v) is 4.09. The number of aryl methyl sites for hydroxylation is 1. The Hall–Kier alpha value is -1.35. The Balaban J connectivity index is 2.22. The van der Waals surface area contributed by atoms with Crippen molar-refractivity contribution < 1.29 is 4.79 Å². The van der Waals surface area contributed by atoms with Crippen LogP contribution in [0.1, 0.15) is 43.9 Å². The lowest BCUT2D eigenvalue weighted by Gasteiger charge is -2.29. The number of benzene rings is 1. The van der Waals surface area contributed by atoms with Gasteiger partial charge in [0.15, 0.2) is 0 Å². The van der Waals surface area contributed by atoms with E-state index in [9.17, 15) is 4.79 Å². The fourth-order valence-corrected chi connectivity index (χ4v) is 2.79. The Bertz CT molecular complexity index is 456. The molecule has 2 atom stereocenters. The molecule has 104 valence electrons. The number of amides is 1. The number of hydrogen-bond acceptors (Lipinski definition) is 2. The summed E-state index contributed by atoms with van der Waals surface area (Å²) in [6.45, 7) is 6.94. The summed E-state index contributed by atoms with van der Waals surface area (Å²) in [5.41, 5.74) is 8.55. The number of nitrogens with zero attached hydrogens (tertiary/aromatic N) is 1. The molecule has 0 aromatic heterocycles. The van der Waals surface area contributed by atoms with Gasteiger partial charge in [-0.3, -0.25) is 4.79 Å². The number of hydrogen-bond donors (Lipinski definition) is 1. The van der Waals surface area contributed by atoms with E-state index >= 15 is 0 Å². The molecular weight excluding hydrogens is 236 g/mol. The Morgan fingerprint density at radius 1 is 1.37 bits per heavy atom. The quantitative estimate of drug-likeness (QED) is 0.908. The van der Waals surface area contributed by atoms with E-state index in [1.54, 1.807) is 0 Å². The van der Waals surface area contributed by atoms with E-state index in [2.05, 4.69) is 19.1 Å². The monoisotopic (exact) mass is 260 g/mol. The molecule has 3 heteroatoms. The maximum atomic E-state index is 12.5. The summed E-state index contributed by atoms with van der Waals surface area (Å²) in [4.78, 5) is 14.5. The summed E-state index contributed by atoms with van der Waals surface area (Å²) in [5.74, 6) is 0.284. The molecular formula is C16H24N2O. The minimum Gasteiger partial charge on any atom is -0.334 e. The van der Waals surface area contributed by atoms with Gasteiger partial charge in [0.1, 0.15) is 0 Å². The van der Waals surface area contributed by atoms with E-state index in [0.29, 0.717) is 0 Å². The highest BCUT2D eigenvalue weighted by Gasteiger charge is 2.33. The van der Waals surface area contributed by atoms with E-state index in [1.807, 2.05) is 30.9 Å². The van der Waals surface area contributed by atoms with Crippen molar-refractivity contribution in [2.45, 2.75) is 45.7 Å². The molecule has 1 aliphatic rings. The number of carbonyl (C=O) groups is 1. The molecule has 19 heavy (non-hydrogen) atoms. The van der Waals surface area contributed by atoms with Gasteiger partial charge in [-0.1, -0.05) is 38.1 Å². The Kier molecular flexibility index (Phi) is 4.25. The third kappa shape index (κ3) is 2.81. The molecule has 3 nitrogen and oxygen atoms in total. The summed E-state index contributed by atoms with van der Waals surface area (Å²) < 4.78 is 0. The third-order valence-electron chi connectivity index (χ3n) is 4.09. The van der Waals surface area contributed by atoms with E-state index in [-0.39, 0.29) is 23.9 Å². The van der Waals surface area contributed by atoms with Gasteiger partial charge in [-0.25, -0.2) is 0 Å². The number of rotatable bonds is 3. The van der Waals surface area contributed by atoms with Gasteiger partial charge in [-0.2, -0.15) is 0 Å². The Labute approximate surface area is 115 Å². The minimum absolute atomic E-state index is 0.0979. The summed E-state index contributed by atoms with van der Waals surface area (Å²) in [7, 11) is 0. The average molecular weight is 260 g/mol. The van der Waals surface area contributed by atoms with Gasteiger partial charge in [-0.15, -0.1) is 0 Å². The van der Waals surface area contributed by atoms with E-state index in [0.717, 1.165) is 19.4 Å². The molecule has 2 rings (SSSR count). The van der Waals surface area contributed by atoms with Gasteiger partial charge in [0, 0.05) is 6.54 Å². The summed E-state index contributed by atoms with van der Waals surface area (Å²) in [5, 5.41) is 0. The van der Waals surface area contributed by atoms with Crippen molar-refractivity contribution in [2.75, 3.05) is 6.54 Å². The molecule has 1 fully saturated rings. The zero-order valence-corrected chi connectivity index (χ0v) is 12.1. The van der Waals surface area contributed by atoms with Gasteiger partial charge < -0.3 is 10.6 Å². The van der Waals surface area contributed by atoms with Gasteiger partial charge in [0.25, 0.3) is 0 Å². The van der Waals surface area contributed by atoms with Crippen molar-refractivity contribution in [3.8, 4) is 0 Å². The van der Waals surface area contributed by atoms with Crippen molar-refractivity contribution >= 4 is 5.91 Å². The normalized spacial score (nSPS) is 20.9. The maximum Gasteiger partial charge on any atom is 0.240 e. The van der Waals surface area contributed by atoms with Crippen LogP contribution in [0.2, 0.25) is 0 Å². The first-order valence-electron chi connectivity index (χ1n) is 7.14. The van der Waals surface area contributed by atoms with Crippen LogP contribution in [0.5, 0.6) is 0 Å². The molecule has 2 N–H and O–H groups in total. The molecule has 1 aromatic rings. The topological polar surface area (TPSA) is 46.3 Å².